The zero-order chi connectivity index (χ0) is 16.1. The van der Waals surface area contributed by atoms with Gasteiger partial charge in [0, 0.05) is 17.8 Å². The van der Waals surface area contributed by atoms with Crippen LogP contribution in [0.15, 0.2) is 36.5 Å². The lowest BCUT2D eigenvalue weighted by atomic mass is 10.1. The lowest BCUT2D eigenvalue weighted by Gasteiger charge is -2.07. The Labute approximate surface area is 127 Å². The molecule has 2 rings (SSSR count). The smallest absolute Gasteiger partial charge is 0.311 e. The molecule has 0 aliphatic heterocycles. The number of nitro benzene ring substituents is 1. The Hall–Kier alpha value is -2.96. The molecule has 0 spiro atoms. The normalized spacial score (nSPS) is 10.1. The Balaban J connectivity index is 2.26. The van der Waals surface area contributed by atoms with Crippen molar-refractivity contribution in [3.63, 3.8) is 0 Å². The summed E-state index contributed by atoms with van der Waals surface area (Å²) in [5.74, 6) is 0.0588. The summed E-state index contributed by atoms with van der Waals surface area (Å²) in [5, 5.41) is 13.7. The molecule has 0 saturated carbocycles. The average molecular weight is 301 g/mol. The van der Waals surface area contributed by atoms with Gasteiger partial charge in [-0.2, -0.15) is 0 Å². The van der Waals surface area contributed by atoms with Crippen LogP contribution < -0.4 is 10.1 Å². The highest BCUT2D eigenvalue weighted by molar-refractivity contribution is 6.04. The molecule has 7 heteroatoms. The number of rotatable bonds is 5. The van der Waals surface area contributed by atoms with E-state index in [4.69, 9.17) is 4.74 Å². The van der Waals surface area contributed by atoms with E-state index < -0.39 is 10.8 Å². The molecule has 0 fully saturated rings. The first kappa shape index (κ1) is 15.4. The van der Waals surface area contributed by atoms with Crippen LogP contribution in [0.5, 0.6) is 5.75 Å². The van der Waals surface area contributed by atoms with Crippen molar-refractivity contribution >= 4 is 17.4 Å². The molecule has 0 unspecified atom stereocenters. The topological polar surface area (TPSA) is 94.4 Å². The van der Waals surface area contributed by atoms with E-state index in [1.165, 1.54) is 18.2 Å². The third-order valence-corrected chi connectivity index (χ3v) is 2.87. The van der Waals surface area contributed by atoms with Gasteiger partial charge in [0.25, 0.3) is 5.91 Å². The van der Waals surface area contributed by atoms with Gasteiger partial charge in [0.15, 0.2) is 5.75 Å². The predicted octanol–water partition coefficient (Wildman–Crippen LogP) is 2.95. The van der Waals surface area contributed by atoms with Crippen molar-refractivity contribution in [2.45, 2.75) is 13.8 Å². The summed E-state index contributed by atoms with van der Waals surface area (Å²) < 4.78 is 5.18. The van der Waals surface area contributed by atoms with Gasteiger partial charge in [-0.25, -0.2) is 4.98 Å². The second kappa shape index (κ2) is 6.66. The number of nitrogens with one attached hydrogen (secondary N) is 1. The van der Waals surface area contributed by atoms with Gasteiger partial charge in [0.1, 0.15) is 5.82 Å². The maximum atomic E-state index is 12.2. The summed E-state index contributed by atoms with van der Waals surface area (Å²) in [6, 6.07) is 7.59. The molecule has 0 atom stereocenters. The minimum atomic E-state index is -0.577. The van der Waals surface area contributed by atoms with Crippen LogP contribution in [0.3, 0.4) is 0 Å². The van der Waals surface area contributed by atoms with Gasteiger partial charge >= 0.3 is 5.69 Å². The van der Waals surface area contributed by atoms with Crippen molar-refractivity contribution in [2.24, 2.45) is 0 Å². The highest BCUT2D eigenvalue weighted by Crippen LogP contribution is 2.28. The summed E-state index contributed by atoms with van der Waals surface area (Å²) >= 11 is 0. The molecule has 0 saturated heterocycles. The van der Waals surface area contributed by atoms with Gasteiger partial charge in [0.2, 0.25) is 0 Å². The van der Waals surface area contributed by atoms with Gasteiger partial charge in [-0.3, -0.25) is 14.9 Å². The van der Waals surface area contributed by atoms with E-state index in [-0.39, 0.29) is 17.0 Å². The monoisotopic (exact) mass is 301 g/mol. The van der Waals surface area contributed by atoms with Crippen molar-refractivity contribution in [1.29, 1.82) is 0 Å². The first-order valence-electron chi connectivity index (χ1n) is 6.66. The molecule has 0 aliphatic carbocycles. The Bertz CT molecular complexity index is 716. The van der Waals surface area contributed by atoms with Gasteiger partial charge in [0.05, 0.1) is 11.5 Å². The fourth-order valence-corrected chi connectivity index (χ4v) is 1.87. The number of nitro groups is 1. The van der Waals surface area contributed by atoms with Crippen LogP contribution in [0.25, 0.3) is 0 Å². The molecule has 1 N–H and O–H groups in total. The number of benzene rings is 1. The fourth-order valence-electron chi connectivity index (χ4n) is 1.87. The van der Waals surface area contributed by atoms with Crippen molar-refractivity contribution in [2.75, 3.05) is 11.9 Å². The van der Waals surface area contributed by atoms with Crippen molar-refractivity contribution in [3.05, 3.63) is 57.8 Å². The van der Waals surface area contributed by atoms with Crippen LogP contribution in [-0.2, 0) is 0 Å². The predicted molar refractivity (Wildman–Crippen MR) is 81.2 cm³/mol. The molecule has 0 aliphatic rings. The molecule has 22 heavy (non-hydrogen) atoms. The summed E-state index contributed by atoms with van der Waals surface area (Å²) in [7, 11) is 0. The van der Waals surface area contributed by atoms with Crippen molar-refractivity contribution in [3.8, 4) is 5.75 Å². The fraction of sp³-hybridized carbons (Fsp3) is 0.200. The summed E-state index contributed by atoms with van der Waals surface area (Å²) in [4.78, 5) is 26.7. The first-order chi connectivity index (χ1) is 10.5. The van der Waals surface area contributed by atoms with Crippen LogP contribution in [-0.4, -0.2) is 22.4 Å². The number of ether oxygens (including phenoxy) is 1. The number of carbonyl (C=O) groups is 1. The highest BCUT2D eigenvalue weighted by Gasteiger charge is 2.18. The van der Waals surface area contributed by atoms with E-state index in [2.05, 4.69) is 10.3 Å². The van der Waals surface area contributed by atoms with E-state index >= 15 is 0 Å². The molecular formula is C15H15N3O4. The summed E-state index contributed by atoms with van der Waals surface area (Å²) in [6.45, 7) is 3.91. The van der Waals surface area contributed by atoms with Crippen LogP contribution in [0, 0.1) is 17.0 Å². The SMILES string of the molecule is CCOc1ccc(C(=O)Nc2cc(C)ccn2)cc1[N+](=O)[O-]. The molecule has 7 nitrogen and oxygen atoms in total. The Morgan fingerprint density at radius 1 is 1.36 bits per heavy atom. The number of aromatic nitrogens is 1. The first-order valence-corrected chi connectivity index (χ1v) is 6.66. The number of hydrogen-bond acceptors (Lipinski definition) is 5. The molecule has 1 aromatic carbocycles. The zero-order valence-electron chi connectivity index (χ0n) is 12.2. The number of anilines is 1. The highest BCUT2D eigenvalue weighted by atomic mass is 16.6. The van der Waals surface area contributed by atoms with Crippen molar-refractivity contribution < 1.29 is 14.5 Å². The van der Waals surface area contributed by atoms with Crippen LogP contribution in [0.4, 0.5) is 11.5 Å². The van der Waals surface area contributed by atoms with E-state index in [1.807, 2.05) is 6.92 Å². The average Bonchev–Trinajstić information content (AvgIpc) is 2.47. The number of amides is 1. The molecule has 114 valence electrons. The Kier molecular flexibility index (Phi) is 4.67. The summed E-state index contributed by atoms with van der Waals surface area (Å²) in [5.41, 5.74) is 0.869. The number of nitrogens with zero attached hydrogens (tertiary/aromatic N) is 2. The molecule has 1 heterocycles. The maximum absolute atomic E-state index is 12.2. The lowest BCUT2D eigenvalue weighted by molar-refractivity contribution is -0.385. The lowest BCUT2D eigenvalue weighted by Crippen LogP contribution is -2.13. The second-order valence-corrected chi connectivity index (χ2v) is 4.55. The summed E-state index contributed by atoms with van der Waals surface area (Å²) in [6.07, 6.45) is 1.57. The molecule has 2 aromatic rings. The van der Waals surface area contributed by atoms with Gasteiger partial charge in [-0.1, -0.05) is 0 Å². The molecule has 1 aromatic heterocycles. The zero-order valence-corrected chi connectivity index (χ0v) is 12.2. The third kappa shape index (κ3) is 3.57. The van der Waals surface area contributed by atoms with Gasteiger partial charge < -0.3 is 10.1 Å². The van der Waals surface area contributed by atoms with Gasteiger partial charge in [-0.05, 0) is 43.7 Å². The largest absolute Gasteiger partial charge is 0.487 e. The number of pyridine rings is 1. The maximum Gasteiger partial charge on any atom is 0.311 e. The van der Waals surface area contributed by atoms with E-state index in [1.54, 1.807) is 25.3 Å². The van der Waals surface area contributed by atoms with E-state index in [9.17, 15) is 14.9 Å². The van der Waals surface area contributed by atoms with Crippen LogP contribution in [0.1, 0.15) is 22.8 Å². The van der Waals surface area contributed by atoms with Gasteiger partial charge in [-0.15, -0.1) is 0 Å². The minimum absolute atomic E-state index is 0.137. The molecule has 0 radical (unpaired) electrons. The van der Waals surface area contributed by atoms with E-state index in [0.717, 1.165) is 5.56 Å². The molecular weight excluding hydrogens is 286 g/mol. The number of aryl methyl sites for hydroxylation is 1. The second-order valence-electron chi connectivity index (χ2n) is 4.55. The van der Waals surface area contributed by atoms with Crippen molar-refractivity contribution in [1.82, 2.24) is 4.98 Å². The standard InChI is InChI=1S/C15H15N3O4/c1-3-22-13-5-4-11(9-12(13)18(20)21)15(19)17-14-8-10(2)6-7-16-14/h4-9H,3H2,1-2H3,(H,16,17,19). The number of carbonyl (C=O) groups excluding carboxylic acids is 1. The van der Waals surface area contributed by atoms with Crippen LogP contribution >= 0.6 is 0 Å². The molecule has 1 amide bonds. The molecule has 0 bridgehead atoms. The quantitative estimate of drug-likeness (QED) is 0.676. The Morgan fingerprint density at radius 3 is 2.77 bits per heavy atom. The van der Waals surface area contributed by atoms with E-state index in [0.29, 0.717) is 12.4 Å². The Morgan fingerprint density at radius 2 is 2.14 bits per heavy atom. The minimum Gasteiger partial charge on any atom is -0.487 e. The third-order valence-electron chi connectivity index (χ3n) is 2.87. The number of hydrogen-bond donors (Lipinski definition) is 1. The van der Waals surface area contributed by atoms with Crippen LogP contribution in [0.2, 0.25) is 0 Å².